The largest absolute Gasteiger partial charge is 0.422 e. The SMILES string of the molecule is CN(C)C(=O)c1ccc(C#CCNC(=O)c2cc3ccccc3oc2=O)cc1. The predicted octanol–water partition coefficient (Wildman–Crippen LogP) is 2.28. The summed E-state index contributed by atoms with van der Waals surface area (Å²) in [6.07, 6.45) is 0. The van der Waals surface area contributed by atoms with Crippen LogP contribution in [0.2, 0.25) is 0 Å². The Morgan fingerprint density at radius 2 is 1.79 bits per heavy atom. The fourth-order valence-electron chi connectivity index (χ4n) is 2.54. The number of nitrogens with one attached hydrogen (secondary N) is 1. The van der Waals surface area contributed by atoms with Gasteiger partial charge in [0.2, 0.25) is 0 Å². The zero-order valence-corrected chi connectivity index (χ0v) is 15.5. The lowest BCUT2D eigenvalue weighted by Crippen LogP contribution is -2.28. The molecule has 1 N–H and O–H groups in total. The van der Waals surface area contributed by atoms with Gasteiger partial charge >= 0.3 is 5.63 Å². The van der Waals surface area contributed by atoms with Gasteiger partial charge in [-0.25, -0.2) is 4.79 Å². The van der Waals surface area contributed by atoms with E-state index in [2.05, 4.69) is 17.2 Å². The van der Waals surface area contributed by atoms with Crippen LogP contribution >= 0.6 is 0 Å². The van der Waals surface area contributed by atoms with Gasteiger partial charge < -0.3 is 14.6 Å². The summed E-state index contributed by atoms with van der Waals surface area (Å²) in [6.45, 7) is 0.0729. The normalized spacial score (nSPS) is 10.1. The highest BCUT2D eigenvalue weighted by molar-refractivity contribution is 5.96. The molecule has 0 aliphatic rings. The van der Waals surface area contributed by atoms with Gasteiger partial charge in [-0.05, 0) is 36.4 Å². The Morgan fingerprint density at radius 1 is 1.07 bits per heavy atom. The minimum atomic E-state index is -0.690. The summed E-state index contributed by atoms with van der Waals surface area (Å²) in [5, 5.41) is 3.26. The highest BCUT2D eigenvalue weighted by Crippen LogP contribution is 2.12. The van der Waals surface area contributed by atoms with Crippen molar-refractivity contribution in [1.82, 2.24) is 10.2 Å². The van der Waals surface area contributed by atoms with E-state index in [0.717, 1.165) is 5.56 Å². The third kappa shape index (κ3) is 4.27. The summed E-state index contributed by atoms with van der Waals surface area (Å²) in [5.41, 5.74) is 0.971. The summed E-state index contributed by atoms with van der Waals surface area (Å²) in [7, 11) is 3.38. The minimum absolute atomic E-state index is 0.0629. The average Bonchev–Trinajstić information content (AvgIpc) is 2.70. The van der Waals surface area contributed by atoms with Crippen LogP contribution in [0.4, 0.5) is 0 Å². The first-order valence-corrected chi connectivity index (χ1v) is 8.57. The molecule has 6 nitrogen and oxygen atoms in total. The third-order valence-electron chi connectivity index (χ3n) is 3.99. The number of para-hydroxylation sites is 1. The molecule has 3 rings (SSSR count). The molecule has 3 aromatic rings. The van der Waals surface area contributed by atoms with E-state index >= 15 is 0 Å². The smallest absolute Gasteiger partial charge is 0.349 e. The van der Waals surface area contributed by atoms with E-state index in [4.69, 9.17) is 4.42 Å². The molecule has 0 unspecified atom stereocenters. The van der Waals surface area contributed by atoms with Crippen molar-refractivity contribution >= 4 is 22.8 Å². The quantitative estimate of drug-likeness (QED) is 0.563. The molecule has 0 atom stereocenters. The first-order valence-electron chi connectivity index (χ1n) is 8.57. The number of benzene rings is 2. The molecule has 1 aromatic heterocycles. The van der Waals surface area contributed by atoms with Crippen LogP contribution in [0.3, 0.4) is 0 Å². The second kappa shape index (κ2) is 8.23. The van der Waals surface area contributed by atoms with Gasteiger partial charge in [-0.1, -0.05) is 30.0 Å². The molecule has 0 spiro atoms. The average molecular weight is 374 g/mol. The molecule has 6 heteroatoms. The fourth-order valence-corrected chi connectivity index (χ4v) is 2.54. The van der Waals surface area contributed by atoms with Crippen molar-refractivity contribution in [3.05, 3.63) is 81.7 Å². The van der Waals surface area contributed by atoms with Crippen LogP contribution < -0.4 is 10.9 Å². The Labute approximate surface area is 161 Å². The van der Waals surface area contributed by atoms with Crippen LogP contribution in [-0.4, -0.2) is 37.4 Å². The van der Waals surface area contributed by atoms with E-state index in [1.807, 2.05) is 0 Å². The lowest BCUT2D eigenvalue weighted by Gasteiger charge is -2.09. The summed E-state index contributed by atoms with van der Waals surface area (Å²) in [4.78, 5) is 37.5. The molecule has 0 aliphatic heterocycles. The van der Waals surface area contributed by atoms with Gasteiger partial charge in [-0.3, -0.25) is 9.59 Å². The maximum Gasteiger partial charge on any atom is 0.349 e. The van der Waals surface area contributed by atoms with Crippen molar-refractivity contribution in [1.29, 1.82) is 0 Å². The number of carbonyl (C=O) groups is 2. The molecule has 0 fully saturated rings. The Morgan fingerprint density at radius 3 is 2.50 bits per heavy atom. The van der Waals surface area contributed by atoms with Gasteiger partial charge in [-0.15, -0.1) is 0 Å². The van der Waals surface area contributed by atoms with Crippen LogP contribution in [0.15, 0.2) is 63.8 Å². The highest BCUT2D eigenvalue weighted by atomic mass is 16.4. The predicted molar refractivity (Wildman–Crippen MR) is 106 cm³/mol. The molecule has 0 saturated carbocycles. The van der Waals surface area contributed by atoms with E-state index in [-0.39, 0.29) is 18.0 Å². The second-order valence-electron chi connectivity index (χ2n) is 6.25. The van der Waals surface area contributed by atoms with Gasteiger partial charge in [-0.2, -0.15) is 0 Å². The van der Waals surface area contributed by atoms with Gasteiger partial charge in [0.1, 0.15) is 11.1 Å². The summed E-state index contributed by atoms with van der Waals surface area (Å²) >= 11 is 0. The van der Waals surface area contributed by atoms with Gasteiger partial charge in [0, 0.05) is 30.6 Å². The van der Waals surface area contributed by atoms with Crippen molar-refractivity contribution in [2.45, 2.75) is 0 Å². The lowest BCUT2D eigenvalue weighted by molar-refractivity contribution is 0.0827. The van der Waals surface area contributed by atoms with Crippen molar-refractivity contribution in [3.63, 3.8) is 0 Å². The number of carbonyl (C=O) groups excluding carboxylic acids is 2. The number of fused-ring (bicyclic) bond motifs is 1. The van der Waals surface area contributed by atoms with Crippen LogP contribution in [-0.2, 0) is 0 Å². The summed E-state index contributed by atoms with van der Waals surface area (Å²) < 4.78 is 5.15. The number of hydrogen-bond acceptors (Lipinski definition) is 4. The third-order valence-corrected chi connectivity index (χ3v) is 3.99. The monoisotopic (exact) mass is 374 g/mol. The highest BCUT2D eigenvalue weighted by Gasteiger charge is 2.12. The van der Waals surface area contributed by atoms with E-state index in [1.54, 1.807) is 62.6 Å². The molecule has 2 amide bonds. The van der Waals surface area contributed by atoms with Crippen LogP contribution in [0.25, 0.3) is 11.0 Å². The Kier molecular flexibility index (Phi) is 5.56. The standard InChI is InChI=1S/C22H18N2O4/c1-24(2)21(26)16-11-9-15(10-12-16)6-5-13-23-20(25)18-14-17-7-3-4-8-19(17)28-22(18)27/h3-4,7-12,14H,13H2,1-2H3,(H,23,25). The van der Waals surface area contributed by atoms with E-state index in [0.29, 0.717) is 16.5 Å². The molecule has 0 bridgehead atoms. The lowest BCUT2D eigenvalue weighted by atomic mass is 10.1. The fraction of sp³-hybridized carbons (Fsp3) is 0.136. The zero-order chi connectivity index (χ0) is 20.1. The molecule has 2 aromatic carbocycles. The zero-order valence-electron chi connectivity index (χ0n) is 15.5. The number of rotatable bonds is 3. The minimum Gasteiger partial charge on any atom is -0.422 e. The van der Waals surface area contributed by atoms with Gasteiger partial charge in [0.25, 0.3) is 11.8 Å². The summed E-state index contributed by atoms with van der Waals surface area (Å²) in [6, 6.07) is 15.4. The van der Waals surface area contributed by atoms with E-state index < -0.39 is 11.5 Å². The van der Waals surface area contributed by atoms with E-state index in [9.17, 15) is 14.4 Å². The number of nitrogens with zero attached hydrogens (tertiary/aromatic N) is 1. The number of hydrogen-bond donors (Lipinski definition) is 1. The summed E-state index contributed by atoms with van der Waals surface area (Å²) in [5.74, 6) is 5.10. The van der Waals surface area contributed by atoms with Crippen molar-refractivity contribution in [2.24, 2.45) is 0 Å². The first-order chi connectivity index (χ1) is 13.5. The van der Waals surface area contributed by atoms with Gasteiger partial charge in [0.05, 0.1) is 6.54 Å². The molecule has 28 heavy (non-hydrogen) atoms. The topological polar surface area (TPSA) is 79.6 Å². The van der Waals surface area contributed by atoms with Crippen LogP contribution in [0.5, 0.6) is 0 Å². The van der Waals surface area contributed by atoms with Crippen LogP contribution in [0.1, 0.15) is 26.3 Å². The first kappa shape index (κ1) is 18.9. The van der Waals surface area contributed by atoms with Gasteiger partial charge in [0.15, 0.2) is 0 Å². The number of amides is 2. The Balaban J connectivity index is 1.64. The molecular formula is C22H18N2O4. The molecule has 140 valence electrons. The molecule has 1 heterocycles. The van der Waals surface area contributed by atoms with Crippen molar-refractivity contribution in [2.75, 3.05) is 20.6 Å². The molecule has 0 saturated heterocycles. The molecule has 0 radical (unpaired) electrons. The molecular weight excluding hydrogens is 356 g/mol. The maximum atomic E-state index is 12.2. The molecule has 0 aliphatic carbocycles. The van der Waals surface area contributed by atoms with E-state index in [1.165, 1.54) is 11.0 Å². The second-order valence-corrected chi connectivity index (χ2v) is 6.25. The Hall–Kier alpha value is -3.85. The van der Waals surface area contributed by atoms with Crippen LogP contribution in [0, 0.1) is 11.8 Å². The maximum absolute atomic E-state index is 12.2. The van der Waals surface area contributed by atoms with Crippen molar-refractivity contribution in [3.8, 4) is 11.8 Å². The van der Waals surface area contributed by atoms with Crippen molar-refractivity contribution < 1.29 is 14.0 Å². The Bertz CT molecular complexity index is 1150.